The van der Waals surface area contributed by atoms with E-state index in [9.17, 15) is 0 Å². The summed E-state index contributed by atoms with van der Waals surface area (Å²) in [6.45, 7) is 2.88. The zero-order chi connectivity index (χ0) is 10.1. The van der Waals surface area contributed by atoms with Gasteiger partial charge in [-0.25, -0.2) is 0 Å². The Bertz CT molecular complexity index is 385. The summed E-state index contributed by atoms with van der Waals surface area (Å²) in [5.41, 5.74) is 9.51. The van der Waals surface area contributed by atoms with E-state index in [1.807, 2.05) is 31.3 Å². The van der Waals surface area contributed by atoms with Gasteiger partial charge >= 0.3 is 0 Å². The maximum Gasteiger partial charge on any atom is 0.0545 e. The Morgan fingerprint density at radius 2 is 2.21 bits per heavy atom. The number of nitrogens with one attached hydrogen (secondary N) is 1. The predicted molar refractivity (Wildman–Crippen MR) is 59.2 cm³/mol. The molecule has 0 bridgehead atoms. The summed E-state index contributed by atoms with van der Waals surface area (Å²) in [5, 5.41) is 3.86. The van der Waals surface area contributed by atoms with E-state index in [-0.39, 0.29) is 6.04 Å². The van der Waals surface area contributed by atoms with Crippen LogP contribution in [0.1, 0.15) is 17.2 Å². The van der Waals surface area contributed by atoms with Gasteiger partial charge in [-0.1, -0.05) is 23.7 Å². The lowest BCUT2D eigenvalue weighted by Gasteiger charge is -2.23. The summed E-state index contributed by atoms with van der Waals surface area (Å²) < 4.78 is 0. The molecule has 0 radical (unpaired) electrons. The van der Waals surface area contributed by atoms with Gasteiger partial charge in [0.15, 0.2) is 0 Å². The molecule has 14 heavy (non-hydrogen) atoms. The monoisotopic (exact) mass is 208 g/mol. The Hall–Kier alpha value is -0.990. The lowest BCUT2D eigenvalue weighted by molar-refractivity contribution is 0.705. The van der Waals surface area contributed by atoms with Gasteiger partial charge in [0.2, 0.25) is 0 Å². The number of nitrogens with two attached hydrogens (primary N) is 1. The van der Waals surface area contributed by atoms with Crippen LogP contribution in [0.2, 0.25) is 5.02 Å². The fourth-order valence-electron chi connectivity index (χ4n) is 1.50. The van der Waals surface area contributed by atoms with Crippen LogP contribution < -0.4 is 11.1 Å². The molecule has 0 fully saturated rings. The second-order valence-corrected chi connectivity index (χ2v) is 3.99. The van der Waals surface area contributed by atoms with E-state index in [2.05, 4.69) is 5.32 Å². The number of rotatable bonds is 2. The molecule has 3 heteroatoms. The number of halogens is 1. The Labute approximate surface area is 88.8 Å². The average molecular weight is 209 g/mol. The van der Waals surface area contributed by atoms with E-state index in [1.54, 1.807) is 0 Å². The molecule has 1 atom stereocenters. The maximum atomic E-state index is 6.07. The molecule has 0 amide bonds. The first-order valence-electron chi connectivity index (χ1n) is 4.62. The van der Waals surface area contributed by atoms with Gasteiger partial charge in [-0.2, -0.15) is 0 Å². The van der Waals surface area contributed by atoms with Gasteiger partial charge in [0.25, 0.3) is 0 Å². The van der Waals surface area contributed by atoms with Crippen LogP contribution >= 0.6 is 11.6 Å². The van der Waals surface area contributed by atoms with Crippen molar-refractivity contribution in [1.82, 2.24) is 5.32 Å². The third-order valence-electron chi connectivity index (χ3n) is 2.53. The summed E-state index contributed by atoms with van der Waals surface area (Å²) in [5.74, 6) is 0. The third-order valence-corrected chi connectivity index (χ3v) is 2.96. The maximum absolute atomic E-state index is 6.07. The van der Waals surface area contributed by atoms with Crippen molar-refractivity contribution in [3.05, 3.63) is 46.1 Å². The van der Waals surface area contributed by atoms with Crippen LogP contribution in [0.15, 0.2) is 30.0 Å². The molecular weight excluding hydrogens is 196 g/mol. The van der Waals surface area contributed by atoms with Crippen molar-refractivity contribution in [1.29, 1.82) is 0 Å². The van der Waals surface area contributed by atoms with Gasteiger partial charge in [0.1, 0.15) is 0 Å². The summed E-state index contributed by atoms with van der Waals surface area (Å²) in [6, 6.07) is 5.94. The molecule has 0 aromatic heterocycles. The topological polar surface area (TPSA) is 38.0 Å². The molecule has 2 rings (SSSR count). The second-order valence-electron chi connectivity index (χ2n) is 3.59. The van der Waals surface area contributed by atoms with Crippen molar-refractivity contribution in [3.63, 3.8) is 0 Å². The van der Waals surface area contributed by atoms with Crippen LogP contribution in [-0.2, 0) is 0 Å². The highest BCUT2D eigenvalue weighted by Gasteiger charge is 2.16. The summed E-state index contributed by atoms with van der Waals surface area (Å²) in [7, 11) is 0. The molecule has 3 N–H and O–H groups in total. The molecule has 1 aromatic rings. The predicted octanol–water partition coefficient (Wildman–Crippen LogP) is 2.14. The lowest BCUT2D eigenvalue weighted by atomic mass is 9.96. The van der Waals surface area contributed by atoms with Crippen molar-refractivity contribution in [2.75, 3.05) is 6.54 Å². The molecule has 0 aliphatic carbocycles. The van der Waals surface area contributed by atoms with Gasteiger partial charge in [-0.05, 0) is 35.9 Å². The van der Waals surface area contributed by atoms with Crippen LogP contribution in [0.3, 0.4) is 0 Å². The van der Waals surface area contributed by atoms with Crippen molar-refractivity contribution >= 4 is 11.6 Å². The van der Waals surface area contributed by atoms with Crippen LogP contribution in [0.5, 0.6) is 0 Å². The molecule has 1 aliphatic heterocycles. The van der Waals surface area contributed by atoms with Crippen molar-refractivity contribution < 1.29 is 0 Å². The fraction of sp³-hybridized carbons (Fsp3) is 0.273. The van der Waals surface area contributed by atoms with Crippen LogP contribution in [0.4, 0.5) is 0 Å². The van der Waals surface area contributed by atoms with E-state index < -0.39 is 0 Å². The average Bonchev–Trinajstić information content (AvgIpc) is 2.06. The first-order chi connectivity index (χ1) is 6.68. The normalized spacial score (nSPS) is 16.6. The molecular formula is C11H13ClN2. The number of hydrogen-bond donors (Lipinski definition) is 2. The smallest absolute Gasteiger partial charge is 0.0545 e. The number of benzene rings is 1. The van der Waals surface area contributed by atoms with Gasteiger partial charge in [0.05, 0.1) is 6.04 Å². The highest BCUT2D eigenvalue weighted by atomic mass is 35.5. The van der Waals surface area contributed by atoms with Crippen molar-refractivity contribution in [2.45, 2.75) is 13.0 Å². The van der Waals surface area contributed by atoms with Crippen LogP contribution in [0.25, 0.3) is 0 Å². The molecule has 1 unspecified atom stereocenters. The van der Waals surface area contributed by atoms with Gasteiger partial charge in [0, 0.05) is 11.6 Å². The van der Waals surface area contributed by atoms with E-state index in [0.29, 0.717) is 0 Å². The Balaban J connectivity index is 2.27. The first-order valence-corrected chi connectivity index (χ1v) is 5.00. The number of hydrogen-bond acceptors (Lipinski definition) is 2. The zero-order valence-electron chi connectivity index (χ0n) is 8.05. The summed E-state index contributed by atoms with van der Waals surface area (Å²) in [6.07, 6.45) is 1.97. The van der Waals surface area contributed by atoms with Crippen LogP contribution in [0, 0.1) is 6.92 Å². The van der Waals surface area contributed by atoms with Crippen LogP contribution in [-0.4, -0.2) is 6.54 Å². The van der Waals surface area contributed by atoms with E-state index in [1.165, 1.54) is 5.57 Å². The molecule has 0 saturated carbocycles. The highest BCUT2D eigenvalue weighted by Crippen LogP contribution is 2.25. The minimum atomic E-state index is 0.00668. The van der Waals surface area contributed by atoms with E-state index in [4.69, 9.17) is 17.3 Å². The summed E-state index contributed by atoms with van der Waals surface area (Å²) >= 11 is 5.94. The molecule has 1 aliphatic rings. The Kier molecular flexibility index (Phi) is 2.48. The summed E-state index contributed by atoms with van der Waals surface area (Å²) in [4.78, 5) is 0. The van der Waals surface area contributed by atoms with Gasteiger partial charge in [-0.15, -0.1) is 0 Å². The van der Waals surface area contributed by atoms with Crippen molar-refractivity contribution in [2.24, 2.45) is 5.73 Å². The quantitative estimate of drug-likeness (QED) is 0.782. The SMILES string of the molecule is Cc1cc(C(N)C2=CNC2)ccc1Cl. The number of aryl methyl sites for hydroxylation is 1. The standard InChI is InChI=1S/C11H13ClN2/c1-7-4-8(2-3-10(7)12)11(13)9-5-14-6-9/h2-5,11,14H,6,13H2,1H3. The molecule has 0 spiro atoms. The van der Waals surface area contributed by atoms with E-state index in [0.717, 1.165) is 22.7 Å². The molecule has 74 valence electrons. The first kappa shape index (κ1) is 9.56. The van der Waals surface area contributed by atoms with E-state index >= 15 is 0 Å². The third kappa shape index (κ3) is 1.63. The van der Waals surface area contributed by atoms with Crippen molar-refractivity contribution in [3.8, 4) is 0 Å². The molecule has 1 aromatic carbocycles. The minimum absolute atomic E-state index is 0.00668. The molecule has 0 saturated heterocycles. The molecule has 2 nitrogen and oxygen atoms in total. The zero-order valence-corrected chi connectivity index (χ0v) is 8.81. The second kappa shape index (κ2) is 3.64. The largest absolute Gasteiger partial charge is 0.387 e. The van der Waals surface area contributed by atoms with Gasteiger partial charge < -0.3 is 11.1 Å². The highest BCUT2D eigenvalue weighted by molar-refractivity contribution is 6.31. The molecule has 1 heterocycles. The van der Waals surface area contributed by atoms with Gasteiger partial charge in [-0.3, -0.25) is 0 Å². The minimum Gasteiger partial charge on any atom is -0.387 e. The Morgan fingerprint density at radius 3 is 2.71 bits per heavy atom. The fourth-order valence-corrected chi connectivity index (χ4v) is 1.61. The lowest BCUT2D eigenvalue weighted by Crippen LogP contribution is -2.30. The Morgan fingerprint density at radius 1 is 1.50 bits per heavy atom.